The summed E-state index contributed by atoms with van der Waals surface area (Å²) in [6.07, 6.45) is 2.59. The number of ketones is 1. The van der Waals surface area contributed by atoms with Crippen molar-refractivity contribution in [3.8, 4) is 11.4 Å². The molecule has 2 heterocycles. The zero-order valence-electron chi connectivity index (χ0n) is 15.1. The van der Waals surface area contributed by atoms with Crippen LogP contribution in [0.4, 0.5) is 0 Å². The van der Waals surface area contributed by atoms with E-state index < -0.39 is 23.6 Å². The third kappa shape index (κ3) is 4.33. The fourth-order valence-electron chi connectivity index (χ4n) is 3.05. The quantitative estimate of drug-likeness (QED) is 0.773. The molecular weight excluding hydrogens is 348 g/mol. The van der Waals surface area contributed by atoms with Gasteiger partial charge in [-0.15, -0.1) is 0 Å². The molecule has 1 aliphatic heterocycles. The number of fused-ring (bicyclic) bond motifs is 4. The van der Waals surface area contributed by atoms with Gasteiger partial charge in [0.05, 0.1) is 24.0 Å². The van der Waals surface area contributed by atoms with Gasteiger partial charge in [-0.1, -0.05) is 12.5 Å². The fourth-order valence-corrected chi connectivity index (χ4v) is 3.05. The van der Waals surface area contributed by atoms with E-state index in [9.17, 15) is 14.4 Å². The van der Waals surface area contributed by atoms with Crippen LogP contribution in [0.3, 0.4) is 0 Å². The summed E-state index contributed by atoms with van der Waals surface area (Å²) in [4.78, 5) is 36.3. The highest BCUT2D eigenvalue weighted by atomic mass is 16.5. The monoisotopic (exact) mass is 370 g/mol. The van der Waals surface area contributed by atoms with E-state index in [0.29, 0.717) is 36.6 Å². The van der Waals surface area contributed by atoms with Gasteiger partial charge < -0.3 is 15.8 Å². The molecule has 0 radical (unpaired) electrons. The first-order valence-electron chi connectivity index (χ1n) is 8.90. The third-order valence-electron chi connectivity index (χ3n) is 4.40. The van der Waals surface area contributed by atoms with Crippen molar-refractivity contribution in [1.29, 1.82) is 0 Å². The average Bonchev–Trinajstić information content (AvgIpc) is 3.04. The van der Waals surface area contributed by atoms with Gasteiger partial charge in [-0.3, -0.25) is 14.4 Å². The van der Waals surface area contributed by atoms with Gasteiger partial charge in [0.25, 0.3) is 11.8 Å². The second-order valence-electron chi connectivity index (χ2n) is 6.53. The molecule has 2 bridgehead atoms. The van der Waals surface area contributed by atoms with Crippen molar-refractivity contribution in [2.75, 3.05) is 6.61 Å². The molecule has 2 amide bonds. The number of nitrogens with two attached hydrogens (primary N) is 1. The number of primary amides is 1. The van der Waals surface area contributed by atoms with E-state index in [1.807, 2.05) is 18.2 Å². The van der Waals surface area contributed by atoms with E-state index in [4.69, 9.17) is 10.5 Å². The van der Waals surface area contributed by atoms with Crippen molar-refractivity contribution in [3.05, 3.63) is 41.7 Å². The number of carbonyl (C=O) groups excluding carboxylic acids is 3. The lowest BCUT2D eigenvalue weighted by molar-refractivity contribution is -0.137. The Morgan fingerprint density at radius 1 is 1.26 bits per heavy atom. The average molecular weight is 370 g/mol. The molecule has 27 heavy (non-hydrogen) atoms. The molecule has 0 unspecified atom stereocenters. The summed E-state index contributed by atoms with van der Waals surface area (Å²) in [5.41, 5.74) is 6.72. The molecule has 1 aromatic carbocycles. The normalized spacial score (nSPS) is 17.8. The lowest BCUT2D eigenvalue weighted by atomic mass is 10.0. The van der Waals surface area contributed by atoms with Gasteiger partial charge in [-0.25, -0.2) is 4.68 Å². The molecule has 3 rings (SSSR count). The first-order chi connectivity index (χ1) is 13.0. The van der Waals surface area contributed by atoms with Crippen LogP contribution in [0.2, 0.25) is 0 Å². The molecular formula is C19H22N4O4. The highest BCUT2D eigenvalue weighted by molar-refractivity contribution is 6.37. The predicted octanol–water partition coefficient (Wildman–Crippen LogP) is 1.29. The number of rotatable bonds is 2. The first-order valence-corrected chi connectivity index (χ1v) is 8.90. The molecule has 0 saturated heterocycles. The van der Waals surface area contributed by atoms with Crippen molar-refractivity contribution in [2.45, 2.75) is 38.6 Å². The number of hydrogen-bond donors (Lipinski definition) is 2. The van der Waals surface area contributed by atoms with Gasteiger partial charge in [-0.2, -0.15) is 5.10 Å². The Morgan fingerprint density at radius 2 is 2.07 bits per heavy atom. The number of carbonyl (C=O) groups is 3. The third-order valence-corrected chi connectivity index (χ3v) is 4.40. The molecule has 0 spiro atoms. The minimum Gasteiger partial charge on any atom is -0.494 e. The van der Waals surface area contributed by atoms with Crippen LogP contribution in [-0.2, 0) is 9.59 Å². The van der Waals surface area contributed by atoms with E-state index in [2.05, 4.69) is 10.4 Å². The van der Waals surface area contributed by atoms with Crippen LogP contribution >= 0.6 is 0 Å². The van der Waals surface area contributed by atoms with Crippen LogP contribution in [0.15, 0.2) is 30.3 Å². The highest BCUT2D eigenvalue weighted by Gasteiger charge is 2.27. The molecule has 3 N–H and O–H groups in total. The summed E-state index contributed by atoms with van der Waals surface area (Å²) in [6, 6.07) is 7.98. The van der Waals surface area contributed by atoms with Gasteiger partial charge >= 0.3 is 0 Å². The summed E-state index contributed by atoms with van der Waals surface area (Å²) >= 11 is 0. The predicted molar refractivity (Wildman–Crippen MR) is 97.7 cm³/mol. The SMILES string of the molecule is Cc1cc2n(n1)-c1cccc(c1)OCCCCC[C@@H](C(=O)C(N)=O)NC2=O. The van der Waals surface area contributed by atoms with Crippen LogP contribution in [0, 0.1) is 6.92 Å². The number of benzene rings is 1. The van der Waals surface area contributed by atoms with Crippen molar-refractivity contribution in [2.24, 2.45) is 5.73 Å². The van der Waals surface area contributed by atoms with Crippen LogP contribution < -0.4 is 15.8 Å². The standard InChI is InChI=1S/C19H22N4O4/c1-12-10-16-19(26)21-15(17(24)18(20)25)8-3-2-4-9-27-14-7-5-6-13(11-14)23(16)22-12/h5-7,10-11,15H,2-4,8-9H2,1H3,(H2,20,25)(H,21,26)/t15-/m0/s1. The van der Waals surface area contributed by atoms with Gasteiger partial charge in [0.2, 0.25) is 5.78 Å². The smallest absolute Gasteiger partial charge is 0.287 e. The Hall–Kier alpha value is -3.16. The molecule has 1 aromatic heterocycles. The molecule has 1 atom stereocenters. The van der Waals surface area contributed by atoms with Crippen molar-refractivity contribution in [3.63, 3.8) is 0 Å². The van der Waals surface area contributed by atoms with E-state index >= 15 is 0 Å². The van der Waals surface area contributed by atoms with E-state index in [0.717, 1.165) is 12.8 Å². The van der Waals surface area contributed by atoms with Crippen LogP contribution in [0.1, 0.15) is 41.9 Å². The number of ether oxygens (including phenoxy) is 1. The van der Waals surface area contributed by atoms with Crippen LogP contribution in [-0.4, -0.2) is 40.0 Å². The van der Waals surface area contributed by atoms with Gasteiger partial charge in [0.15, 0.2) is 0 Å². The number of Topliss-reactive ketones (excluding diaryl/α,β-unsaturated/α-hetero) is 1. The maximum absolute atomic E-state index is 12.8. The second-order valence-corrected chi connectivity index (χ2v) is 6.53. The molecule has 0 fully saturated rings. The van der Waals surface area contributed by atoms with E-state index in [-0.39, 0.29) is 5.69 Å². The summed E-state index contributed by atoms with van der Waals surface area (Å²) < 4.78 is 7.26. The van der Waals surface area contributed by atoms with Crippen molar-refractivity contribution in [1.82, 2.24) is 15.1 Å². The number of nitrogens with one attached hydrogen (secondary N) is 1. The van der Waals surface area contributed by atoms with Gasteiger partial charge in [0, 0.05) is 6.07 Å². The molecule has 8 heteroatoms. The van der Waals surface area contributed by atoms with Crippen LogP contribution in [0.25, 0.3) is 5.69 Å². The van der Waals surface area contributed by atoms with Gasteiger partial charge in [-0.05, 0) is 44.4 Å². The highest BCUT2D eigenvalue weighted by Crippen LogP contribution is 2.20. The number of hydrogen-bond acceptors (Lipinski definition) is 5. The van der Waals surface area contributed by atoms with E-state index in [1.165, 1.54) is 4.68 Å². The lowest BCUT2D eigenvalue weighted by Gasteiger charge is -2.17. The maximum Gasteiger partial charge on any atom is 0.287 e. The second kappa shape index (κ2) is 8.03. The maximum atomic E-state index is 12.8. The Morgan fingerprint density at radius 3 is 2.85 bits per heavy atom. The Bertz CT molecular complexity index is 874. The number of aromatic nitrogens is 2. The minimum absolute atomic E-state index is 0.268. The molecule has 2 aromatic rings. The summed E-state index contributed by atoms with van der Waals surface area (Å²) in [5.74, 6) is -1.64. The number of amides is 2. The summed E-state index contributed by atoms with van der Waals surface area (Å²) in [7, 11) is 0. The number of nitrogens with zero attached hydrogens (tertiary/aromatic N) is 2. The zero-order valence-corrected chi connectivity index (χ0v) is 15.1. The Balaban J connectivity index is 1.99. The summed E-state index contributed by atoms with van der Waals surface area (Å²) in [6.45, 7) is 2.31. The molecule has 142 valence electrons. The Kier molecular flexibility index (Phi) is 5.54. The first kappa shape index (κ1) is 18.6. The van der Waals surface area contributed by atoms with Crippen molar-refractivity contribution < 1.29 is 19.1 Å². The molecule has 8 nitrogen and oxygen atoms in total. The number of aryl methyl sites for hydroxylation is 1. The van der Waals surface area contributed by atoms with Crippen LogP contribution in [0.5, 0.6) is 5.75 Å². The molecule has 1 aliphatic rings. The van der Waals surface area contributed by atoms with Gasteiger partial charge in [0.1, 0.15) is 11.4 Å². The lowest BCUT2D eigenvalue weighted by Crippen LogP contribution is -2.46. The topological polar surface area (TPSA) is 116 Å². The zero-order chi connectivity index (χ0) is 19.4. The minimum atomic E-state index is -1.05. The molecule has 0 aliphatic carbocycles. The fraction of sp³-hybridized carbons (Fsp3) is 0.368. The Labute approximate surface area is 156 Å². The summed E-state index contributed by atoms with van der Waals surface area (Å²) in [5, 5.41) is 7.02. The van der Waals surface area contributed by atoms with Crippen molar-refractivity contribution >= 4 is 17.6 Å². The largest absolute Gasteiger partial charge is 0.494 e. The molecule has 0 saturated carbocycles. The van der Waals surface area contributed by atoms with E-state index in [1.54, 1.807) is 19.1 Å².